The summed E-state index contributed by atoms with van der Waals surface area (Å²) in [5, 5.41) is 5.43. The second kappa shape index (κ2) is 11.4. The quantitative estimate of drug-likeness (QED) is 0.184. The molecule has 1 saturated carbocycles. The predicted octanol–water partition coefficient (Wildman–Crippen LogP) is 7.83. The number of halogens is 11. The minimum atomic E-state index is -5.50. The van der Waals surface area contributed by atoms with Crippen LogP contribution in [-0.2, 0) is 9.59 Å². The number of amides is 3. The Hall–Kier alpha value is -3.26. The molecule has 0 unspecified atom stereocenters. The zero-order chi connectivity index (χ0) is 31.3. The summed E-state index contributed by atoms with van der Waals surface area (Å²) in [7, 11) is 0. The SMILES string of the molecule is O=C(Nc1ccc(F)c(NC(=O)C(F)(F)F)c1F)c1cc(NC(=O)[C@H]2[C@H](c3cc(Cl)cc(Cl)c3)C2(Cl)Cl)cc(F)c1F. The van der Waals surface area contributed by atoms with Crippen LogP contribution in [0.5, 0.6) is 0 Å². The number of alkyl halides is 5. The average Bonchev–Trinajstić information content (AvgIpc) is 3.46. The van der Waals surface area contributed by atoms with Gasteiger partial charge in [0.1, 0.15) is 15.8 Å². The highest BCUT2D eigenvalue weighted by atomic mass is 35.5. The summed E-state index contributed by atoms with van der Waals surface area (Å²) in [5.74, 6) is -13.9. The average molecular weight is 677 g/mol. The first kappa shape index (κ1) is 31.7. The van der Waals surface area contributed by atoms with E-state index in [1.165, 1.54) is 18.2 Å². The van der Waals surface area contributed by atoms with Crippen molar-refractivity contribution >= 4 is 81.2 Å². The fourth-order valence-corrected chi connectivity index (χ4v) is 5.38. The topological polar surface area (TPSA) is 87.3 Å². The van der Waals surface area contributed by atoms with Crippen LogP contribution in [0.1, 0.15) is 21.8 Å². The van der Waals surface area contributed by atoms with E-state index < -0.39 is 86.0 Å². The molecule has 42 heavy (non-hydrogen) atoms. The summed E-state index contributed by atoms with van der Waals surface area (Å²) in [6.45, 7) is 0. The molecule has 3 amide bonds. The largest absolute Gasteiger partial charge is 0.471 e. The van der Waals surface area contributed by atoms with Crippen molar-refractivity contribution in [2.24, 2.45) is 5.92 Å². The molecule has 0 aromatic heterocycles. The van der Waals surface area contributed by atoms with Gasteiger partial charge in [-0.2, -0.15) is 13.2 Å². The molecule has 0 heterocycles. The molecule has 1 aliphatic carbocycles. The fourth-order valence-electron chi connectivity index (χ4n) is 4.01. The van der Waals surface area contributed by atoms with Crippen LogP contribution in [0.25, 0.3) is 0 Å². The summed E-state index contributed by atoms with van der Waals surface area (Å²) in [6.07, 6.45) is -5.50. The highest BCUT2D eigenvalue weighted by Crippen LogP contribution is 2.65. The molecule has 2 atom stereocenters. The van der Waals surface area contributed by atoms with Crippen molar-refractivity contribution in [1.29, 1.82) is 0 Å². The second-order valence-corrected chi connectivity index (χ2v) is 11.1. The molecule has 17 heteroatoms. The van der Waals surface area contributed by atoms with Crippen LogP contribution in [0, 0.1) is 29.2 Å². The molecule has 1 fully saturated rings. The Labute approximate surface area is 251 Å². The first-order chi connectivity index (χ1) is 19.4. The Morgan fingerprint density at radius 2 is 1.40 bits per heavy atom. The van der Waals surface area contributed by atoms with E-state index in [1.807, 2.05) is 0 Å². The Kier molecular flexibility index (Phi) is 8.62. The molecule has 3 N–H and O–H groups in total. The standard InChI is InChI=1S/C25H12Cl4F7N3O3/c26-9-3-8(4-10(27)5-9)16-17(24(16,28)29)22(41)37-11-6-12(18(32)14(31)7-11)21(40)38-15-2-1-13(30)20(19(15)33)39-23(42)25(34,35)36/h1-7,16-17H,(H,37,41)(H,38,40)(H,39,42)/t16-,17+/m0/s1. The fraction of sp³-hybridized carbons (Fsp3) is 0.160. The third-order valence-corrected chi connectivity index (χ3v) is 7.33. The van der Waals surface area contributed by atoms with Crippen molar-refractivity contribution in [3.05, 3.63) is 86.9 Å². The minimum absolute atomic E-state index is 0.233. The van der Waals surface area contributed by atoms with E-state index in [1.54, 1.807) is 5.32 Å². The lowest BCUT2D eigenvalue weighted by atomic mass is 10.1. The minimum Gasteiger partial charge on any atom is -0.326 e. The van der Waals surface area contributed by atoms with Gasteiger partial charge in [0.05, 0.1) is 17.2 Å². The van der Waals surface area contributed by atoms with Gasteiger partial charge in [0.25, 0.3) is 5.91 Å². The van der Waals surface area contributed by atoms with Gasteiger partial charge in [0, 0.05) is 27.7 Å². The van der Waals surface area contributed by atoms with Gasteiger partial charge in [-0.1, -0.05) is 23.2 Å². The number of carbonyl (C=O) groups excluding carboxylic acids is 3. The molecular weight excluding hydrogens is 665 g/mol. The van der Waals surface area contributed by atoms with Gasteiger partial charge in [-0.3, -0.25) is 14.4 Å². The van der Waals surface area contributed by atoms with Crippen molar-refractivity contribution in [3.8, 4) is 0 Å². The summed E-state index contributed by atoms with van der Waals surface area (Å²) >= 11 is 24.5. The summed E-state index contributed by atoms with van der Waals surface area (Å²) in [4.78, 5) is 36.7. The van der Waals surface area contributed by atoms with Crippen molar-refractivity contribution in [2.45, 2.75) is 16.4 Å². The second-order valence-electron chi connectivity index (χ2n) is 8.83. The monoisotopic (exact) mass is 675 g/mol. The predicted molar refractivity (Wildman–Crippen MR) is 141 cm³/mol. The van der Waals surface area contributed by atoms with E-state index in [2.05, 4.69) is 5.32 Å². The lowest BCUT2D eigenvalue weighted by Crippen LogP contribution is -2.31. The smallest absolute Gasteiger partial charge is 0.326 e. The normalized spacial score (nSPS) is 17.4. The van der Waals surface area contributed by atoms with Crippen LogP contribution in [0.2, 0.25) is 10.0 Å². The Morgan fingerprint density at radius 3 is 2.00 bits per heavy atom. The third kappa shape index (κ3) is 6.38. The van der Waals surface area contributed by atoms with E-state index in [0.717, 1.165) is 5.32 Å². The maximum Gasteiger partial charge on any atom is 0.471 e. The van der Waals surface area contributed by atoms with Crippen LogP contribution < -0.4 is 16.0 Å². The molecule has 0 radical (unpaired) electrons. The van der Waals surface area contributed by atoms with Crippen LogP contribution in [-0.4, -0.2) is 28.2 Å². The van der Waals surface area contributed by atoms with Gasteiger partial charge < -0.3 is 16.0 Å². The molecule has 0 saturated heterocycles. The van der Waals surface area contributed by atoms with Gasteiger partial charge in [0.2, 0.25) is 5.91 Å². The van der Waals surface area contributed by atoms with E-state index >= 15 is 0 Å². The molecule has 1 aliphatic rings. The van der Waals surface area contributed by atoms with Crippen molar-refractivity contribution in [1.82, 2.24) is 0 Å². The Bertz CT molecular complexity index is 1620. The number of hydrogen-bond donors (Lipinski definition) is 3. The maximum absolute atomic E-state index is 14.7. The van der Waals surface area contributed by atoms with Crippen molar-refractivity contribution < 1.29 is 45.1 Å². The van der Waals surface area contributed by atoms with Gasteiger partial charge >= 0.3 is 12.1 Å². The van der Waals surface area contributed by atoms with E-state index in [-0.39, 0.29) is 10.0 Å². The van der Waals surface area contributed by atoms with Crippen LogP contribution >= 0.6 is 46.4 Å². The lowest BCUT2D eigenvalue weighted by Gasteiger charge is -2.14. The summed E-state index contributed by atoms with van der Waals surface area (Å²) in [6, 6.07) is 6.52. The molecular formula is C25H12Cl4F7N3O3. The molecule has 3 aromatic rings. The van der Waals surface area contributed by atoms with Gasteiger partial charge in [0.15, 0.2) is 17.5 Å². The van der Waals surface area contributed by atoms with E-state index in [0.29, 0.717) is 29.8 Å². The molecule has 0 bridgehead atoms. The van der Waals surface area contributed by atoms with Crippen LogP contribution in [0.3, 0.4) is 0 Å². The Balaban J connectivity index is 1.56. The number of carbonyl (C=O) groups is 3. The molecule has 0 spiro atoms. The number of hydrogen-bond acceptors (Lipinski definition) is 3. The van der Waals surface area contributed by atoms with E-state index in [4.69, 9.17) is 46.4 Å². The highest BCUT2D eigenvalue weighted by Gasteiger charge is 2.67. The molecule has 0 aliphatic heterocycles. The Morgan fingerprint density at radius 1 is 0.786 bits per heavy atom. The van der Waals surface area contributed by atoms with Crippen molar-refractivity contribution in [2.75, 3.05) is 16.0 Å². The number of anilines is 3. The van der Waals surface area contributed by atoms with Gasteiger partial charge in [-0.25, -0.2) is 17.6 Å². The first-order valence-corrected chi connectivity index (χ1v) is 12.7. The molecule has 222 valence electrons. The first-order valence-electron chi connectivity index (χ1n) is 11.2. The lowest BCUT2D eigenvalue weighted by molar-refractivity contribution is -0.167. The van der Waals surface area contributed by atoms with Crippen LogP contribution in [0.15, 0.2) is 42.5 Å². The molecule has 3 aromatic carbocycles. The van der Waals surface area contributed by atoms with Crippen LogP contribution in [0.4, 0.5) is 47.8 Å². The van der Waals surface area contributed by atoms with Gasteiger partial charge in [-0.05, 0) is 42.0 Å². The highest BCUT2D eigenvalue weighted by molar-refractivity contribution is 6.53. The summed E-state index contributed by atoms with van der Waals surface area (Å²) in [5.41, 5.74) is -3.70. The maximum atomic E-state index is 14.7. The number of rotatable bonds is 6. The van der Waals surface area contributed by atoms with E-state index in [9.17, 15) is 45.1 Å². The molecule has 6 nitrogen and oxygen atoms in total. The number of benzene rings is 3. The summed E-state index contributed by atoms with van der Waals surface area (Å²) < 4.78 is 93.4. The zero-order valence-corrected chi connectivity index (χ0v) is 23.1. The van der Waals surface area contributed by atoms with Crippen molar-refractivity contribution in [3.63, 3.8) is 0 Å². The third-order valence-electron chi connectivity index (χ3n) is 5.96. The zero-order valence-electron chi connectivity index (χ0n) is 20.1. The molecule has 4 rings (SSSR count). The number of nitrogens with one attached hydrogen (secondary N) is 3. The van der Waals surface area contributed by atoms with Gasteiger partial charge in [-0.15, -0.1) is 23.2 Å².